The van der Waals surface area contributed by atoms with Gasteiger partial charge in [0.1, 0.15) is 11.6 Å². The fourth-order valence-corrected chi connectivity index (χ4v) is 2.50. The summed E-state index contributed by atoms with van der Waals surface area (Å²) in [6.45, 7) is 2.75. The molecule has 0 unspecified atom stereocenters. The van der Waals surface area contributed by atoms with Gasteiger partial charge in [-0.3, -0.25) is 0 Å². The van der Waals surface area contributed by atoms with Crippen LogP contribution in [0.3, 0.4) is 0 Å². The molecular formula is C11H10Br2FN3. The molecule has 1 aromatic heterocycles. The van der Waals surface area contributed by atoms with Crippen molar-refractivity contribution in [3.63, 3.8) is 0 Å². The van der Waals surface area contributed by atoms with Crippen molar-refractivity contribution in [3.8, 4) is 11.4 Å². The van der Waals surface area contributed by atoms with Gasteiger partial charge in [-0.05, 0) is 35.0 Å². The monoisotopic (exact) mass is 361 g/mol. The Hall–Kier alpha value is -0.750. The topological polar surface area (TPSA) is 30.7 Å². The maximum Gasteiger partial charge on any atom is 0.165 e. The number of alkyl halides is 1. The highest BCUT2D eigenvalue weighted by atomic mass is 79.9. The van der Waals surface area contributed by atoms with Crippen LogP contribution in [0.15, 0.2) is 22.7 Å². The van der Waals surface area contributed by atoms with Gasteiger partial charge in [-0.1, -0.05) is 22.0 Å². The summed E-state index contributed by atoms with van der Waals surface area (Å²) in [4.78, 5) is 0. The van der Waals surface area contributed by atoms with Crippen molar-refractivity contribution < 1.29 is 4.39 Å². The molecule has 90 valence electrons. The summed E-state index contributed by atoms with van der Waals surface area (Å²) in [5.74, 6) is 1.21. The lowest BCUT2D eigenvalue weighted by Crippen LogP contribution is -2.02. The zero-order valence-electron chi connectivity index (χ0n) is 9.12. The smallest absolute Gasteiger partial charge is 0.165 e. The number of aromatic nitrogens is 3. The number of nitrogens with zero attached hydrogens (tertiary/aromatic N) is 3. The lowest BCUT2D eigenvalue weighted by atomic mass is 10.2. The third-order valence-corrected chi connectivity index (χ3v) is 3.76. The molecular weight excluding hydrogens is 353 g/mol. The van der Waals surface area contributed by atoms with E-state index in [0.717, 1.165) is 12.4 Å². The van der Waals surface area contributed by atoms with Crippen LogP contribution < -0.4 is 0 Å². The summed E-state index contributed by atoms with van der Waals surface area (Å²) in [6, 6.07) is 4.89. The van der Waals surface area contributed by atoms with Gasteiger partial charge in [0.2, 0.25) is 0 Å². The fourth-order valence-electron chi connectivity index (χ4n) is 1.64. The van der Waals surface area contributed by atoms with Gasteiger partial charge in [-0.25, -0.2) is 4.39 Å². The molecule has 0 spiro atoms. The lowest BCUT2D eigenvalue weighted by molar-refractivity contribution is 0.621. The Morgan fingerprint density at radius 3 is 2.76 bits per heavy atom. The van der Waals surface area contributed by atoms with Crippen molar-refractivity contribution >= 4 is 31.9 Å². The van der Waals surface area contributed by atoms with Crippen LogP contribution >= 0.6 is 31.9 Å². The van der Waals surface area contributed by atoms with Gasteiger partial charge in [0.25, 0.3) is 0 Å². The molecule has 2 rings (SSSR count). The van der Waals surface area contributed by atoms with Crippen molar-refractivity contribution in [2.24, 2.45) is 0 Å². The van der Waals surface area contributed by atoms with E-state index in [1.807, 2.05) is 17.6 Å². The molecule has 0 saturated heterocycles. The number of hydrogen-bond donors (Lipinski definition) is 0. The Kier molecular flexibility index (Phi) is 3.93. The van der Waals surface area contributed by atoms with E-state index in [-0.39, 0.29) is 5.82 Å². The molecule has 0 radical (unpaired) electrons. The van der Waals surface area contributed by atoms with Gasteiger partial charge < -0.3 is 4.57 Å². The van der Waals surface area contributed by atoms with Crippen LogP contribution in [-0.4, -0.2) is 14.8 Å². The highest BCUT2D eigenvalue weighted by Gasteiger charge is 2.15. The van der Waals surface area contributed by atoms with Gasteiger partial charge >= 0.3 is 0 Å². The number of benzene rings is 1. The Balaban J connectivity index is 2.60. The van der Waals surface area contributed by atoms with Gasteiger partial charge in [0.15, 0.2) is 5.82 Å². The molecule has 2 aromatic rings. The fraction of sp³-hybridized carbons (Fsp3) is 0.273. The van der Waals surface area contributed by atoms with Crippen LogP contribution in [0.2, 0.25) is 0 Å². The first-order valence-corrected chi connectivity index (χ1v) is 7.03. The second-order valence-corrected chi connectivity index (χ2v) is 4.77. The van der Waals surface area contributed by atoms with E-state index in [4.69, 9.17) is 0 Å². The van der Waals surface area contributed by atoms with Gasteiger partial charge in [0, 0.05) is 12.1 Å². The van der Waals surface area contributed by atoms with Gasteiger partial charge in [-0.2, -0.15) is 0 Å². The van der Waals surface area contributed by atoms with Crippen LogP contribution in [0, 0.1) is 5.82 Å². The van der Waals surface area contributed by atoms with E-state index < -0.39 is 0 Å². The number of halogens is 3. The summed E-state index contributed by atoms with van der Waals surface area (Å²) in [5.41, 5.74) is 0.714. The van der Waals surface area contributed by atoms with E-state index in [0.29, 0.717) is 21.2 Å². The standard InChI is InChI=1S/C11H10Br2FN3/c1-2-17-9(6-12)15-16-11(17)7-4-3-5-8(14)10(7)13/h3-5H,2,6H2,1H3. The Morgan fingerprint density at radius 2 is 2.12 bits per heavy atom. The highest BCUT2D eigenvalue weighted by molar-refractivity contribution is 9.10. The predicted molar refractivity (Wildman–Crippen MR) is 71.4 cm³/mol. The second kappa shape index (κ2) is 5.27. The molecule has 1 aromatic carbocycles. The van der Waals surface area contributed by atoms with Crippen molar-refractivity contribution in [1.29, 1.82) is 0 Å². The van der Waals surface area contributed by atoms with E-state index in [1.165, 1.54) is 6.07 Å². The Morgan fingerprint density at radius 1 is 1.35 bits per heavy atom. The average Bonchev–Trinajstić information content (AvgIpc) is 2.75. The van der Waals surface area contributed by atoms with Crippen molar-refractivity contribution in [2.45, 2.75) is 18.8 Å². The molecule has 0 N–H and O–H groups in total. The molecule has 0 aliphatic carbocycles. The van der Waals surface area contributed by atoms with Crippen molar-refractivity contribution in [1.82, 2.24) is 14.8 Å². The first-order chi connectivity index (χ1) is 8.19. The minimum atomic E-state index is -0.298. The van der Waals surface area contributed by atoms with Gasteiger partial charge in [0.05, 0.1) is 9.80 Å². The highest BCUT2D eigenvalue weighted by Crippen LogP contribution is 2.29. The molecule has 17 heavy (non-hydrogen) atoms. The SMILES string of the molecule is CCn1c(CBr)nnc1-c1cccc(F)c1Br. The predicted octanol–water partition coefficient (Wildman–Crippen LogP) is 3.76. The molecule has 0 aliphatic rings. The quantitative estimate of drug-likeness (QED) is 0.778. The van der Waals surface area contributed by atoms with Crippen LogP contribution in [-0.2, 0) is 11.9 Å². The van der Waals surface area contributed by atoms with Crippen LogP contribution in [0.25, 0.3) is 11.4 Å². The largest absolute Gasteiger partial charge is 0.311 e. The minimum Gasteiger partial charge on any atom is -0.311 e. The van der Waals surface area contributed by atoms with Crippen molar-refractivity contribution in [2.75, 3.05) is 0 Å². The summed E-state index contributed by atoms with van der Waals surface area (Å²) >= 11 is 6.60. The first-order valence-electron chi connectivity index (χ1n) is 5.11. The molecule has 0 amide bonds. The molecule has 0 fully saturated rings. The van der Waals surface area contributed by atoms with Crippen LogP contribution in [0.4, 0.5) is 4.39 Å². The summed E-state index contributed by atoms with van der Waals surface area (Å²) in [6.07, 6.45) is 0. The maximum atomic E-state index is 13.5. The van der Waals surface area contributed by atoms with E-state index >= 15 is 0 Å². The zero-order chi connectivity index (χ0) is 12.4. The molecule has 0 bridgehead atoms. The molecule has 0 saturated carbocycles. The third kappa shape index (κ3) is 2.28. The third-order valence-electron chi connectivity index (χ3n) is 2.46. The number of rotatable bonds is 3. The van der Waals surface area contributed by atoms with E-state index in [2.05, 4.69) is 42.1 Å². The summed E-state index contributed by atoms with van der Waals surface area (Å²) in [5, 5.41) is 8.82. The Bertz CT molecular complexity index is 540. The number of hydrogen-bond acceptors (Lipinski definition) is 2. The molecule has 0 aliphatic heterocycles. The molecule has 6 heteroatoms. The minimum absolute atomic E-state index is 0.298. The lowest BCUT2D eigenvalue weighted by Gasteiger charge is -2.07. The second-order valence-electron chi connectivity index (χ2n) is 3.42. The van der Waals surface area contributed by atoms with E-state index in [1.54, 1.807) is 6.07 Å². The molecule has 0 atom stereocenters. The van der Waals surface area contributed by atoms with Crippen LogP contribution in [0.1, 0.15) is 12.7 Å². The summed E-state index contributed by atoms with van der Waals surface area (Å²) < 4.78 is 15.8. The molecule has 1 heterocycles. The maximum absolute atomic E-state index is 13.5. The summed E-state index contributed by atoms with van der Waals surface area (Å²) in [7, 11) is 0. The Labute approximate surface area is 115 Å². The van der Waals surface area contributed by atoms with Crippen molar-refractivity contribution in [3.05, 3.63) is 34.3 Å². The van der Waals surface area contributed by atoms with E-state index in [9.17, 15) is 4.39 Å². The van der Waals surface area contributed by atoms with Crippen LogP contribution in [0.5, 0.6) is 0 Å². The molecule has 3 nitrogen and oxygen atoms in total. The average molecular weight is 363 g/mol. The first kappa shape index (κ1) is 12.7. The zero-order valence-corrected chi connectivity index (χ0v) is 12.3. The normalized spacial score (nSPS) is 10.8. The van der Waals surface area contributed by atoms with Gasteiger partial charge in [-0.15, -0.1) is 10.2 Å².